The van der Waals surface area contributed by atoms with Crippen molar-refractivity contribution in [3.8, 4) is 5.75 Å². The first kappa shape index (κ1) is 19.0. The molecule has 1 heterocycles. The number of ether oxygens (including phenoxy) is 1. The second-order valence-electron chi connectivity index (χ2n) is 6.36. The second-order valence-corrected chi connectivity index (χ2v) is 6.36. The zero-order valence-corrected chi connectivity index (χ0v) is 14.7. The number of amides is 2. The monoisotopic (exact) mass is 379 g/mol. The third kappa shape index (κ3) is 4.91. The standard InChI is InChI=1S/C19H20F3N3O2/c1-24-11-12-25(16(13-24)14-7-3-2-4-8-14)18(26)23-15-9-5-6-10-17(15)27-19(20,21)22/h2-10,16H,11-13H2,1H3,(H,23,26). The number of hydrogen-bond acceptors (Lipinski definition) is 3. The average Bonchev–Trinajstić information content (AvgIpc) is 2.63. The molecule has 1 unspecified atom stereocenters. The van der Waals surface area contributed by atoms with Crippen LogP contribution in [0.4, 0.5) is 23.7 Å². The molecule has 0 aliphatic carbocycles. The van der Waals surface area contributed by atoms with Gasteiger partial charge >= 0.3 is 12.4 Å². The van der Waals surface area contributed by atoms with Gasteiger partial charge in [0, 0.05) is 19.6 Å². The lowest BCUT2D eigenvalue weighted by Gasteiger charge is -2.40. The molecule has 2 aromatic carbocycles. The molecule has 144 valence electrons. The van der Waals surface area contributed by atoms with E-state index in [4.69, 9.17) is 0 Å². The van der Waals surface area contributed by atoms with Crippen molar-refractivity contribution in [1.29, 1.82) is 0 Å². The Kier molecular flexibility index (Phi) is 5.55. The number of piperazine rings is 1. The Hall–Kier alpha value is -2.74. The van der Waals surface area contributed by atoms with Crippen molar-refractivity contribution in [2.75, 3.05) is 32.0 Å². The predicted molar refractivity (Wildman–Crippen MR) is 95.5 cm³/mol. The van der Waals surface area contributed by atoms with Gasteiger partial charge in [0.25, 0.3) is 0 Å². The number of rotatable bonds is 3. The minimum atomic E-state index is -4.83. The SMILES string of the molecule is CN1CCN(C(=O)Nc2ccccc2OC(F)(F)F)C(c2ccccc2)C1. The fourth-order valence-electron chi connectivity index (χ4n) is 3.09. The van der Waals surface area contributed by atoms with Gasteiger partial charge < -0.3 is 19.9 Å². The molecular weight excluding hydrogens is 359 g/mol. The van der Waals surface area contributed by atoms with Crippen LogP contribution >= 0.6 is 0 Å². The molecule has 0 aromatic heterocycles. The number of para-hydroxylation sites is 2. The third-order valence-electron chi connectivity index (χ3n) is 4.38. The van der Waals surface area contributed by atoms with Crippen LogP contribution in [0.1, 0.15) is 11.6 Å². The Balaban J connectivity index is 1.81. The number of hydrogen-bond donors (Lipinski definition) is 1. The Labute approximate surface area is 155 Å². The van der Waals surface area contributed by atoms with Crippen molar-refractivity contribution in [1.82, 2.24) is 9.80 Å². The number of carbonyl (C=O) groups is 1. The topological polar surface area (TPSA) is 44.8 Å². The summed E-state index contributed by atoms with van der Waals surface area (Å²) in [4.78, 5) is 16.6. The minimum absolute atomic E-state index is 0.0226. The maximum absolute atomic E-state index is 12.8. The van der Waals surface area contributed by atoms with E-state index in [1.54, 1.807) is 4.90 Å². The van der Waals surface area contributed by atoms with Crippen LogP contribution in [0.2, 0.25) is 0 Å². The molecule has 1 fully saturated rings. The summed E-state index contributed by atoms with van der Waals surface area (Å²) >= 11 is 0. The average molecular weight is 379 g/mol. The highest BCUT2D eigenvalue weighted by molar-refractivity contribution is 5.91. The van der Waals surface area contributed by atoms with E-state index in [0.717, 1.165) is 5.56 Å². The van der Waals surface area contributed by atoms with E-state index in [1.807, 2.05) is 37.4 Å². The zero-order valence-electron chi connectivity index (χ0n) is 14.7. The van der Waals surface area contributed by atoms with E-state index in [0.29, 0.717) is 19.6 Å². The zero-order chi connectivity index (χ0) is 19.4. The fourth-order valence-corrected chi connectivity index (χ4v) is 3.09. The highest BCUT2D eigenvalue weighted by Gasteiger charge is 2.33. The number of benzene rings is 2. The highest BCUT2D eigenvalue weighted by atomic mass is 19.4. The van der Waals surface area contributed by atoms with Gasteiger partial charge in [-0.25, -0.2) is 4.79 Å². The summed E-state index contributed by atoms with van der Waals surface area (Å²) < 4.78 is 41.8. The molecule has 1 atom stereocenters. The van der Waals surface area contributed by atoms with Gasteiger partial charge in [0.1, 0.15) is 0 Å². The van der Waals surface area contributed by atoms with E-state index < -0.39 is 18.1 Å². The first-order valence-electron chi connectivity index (χ1n) is 8.49. The smallest absolute Gasteiger partial charge is 0.404 e. The number of carbonyl (C=O) groups excluding carboxylic acids is 1. The highest BCUT2D eigenvalue weighted by Crippen LogP contribution is 2.31. The summed E-state index contributed by atoms with van der Waals surface area (Å²) in [6.07, 6.45) is -4.83. The third-order valence-corrected chi connectivity index (χ3v) is 4.38. The molecule has 27 heavy (non-hydrogen) atoms. The molecule has 2 amide bonds. The van der Waals surface area contributed by atoms with Crippen molar-refractivity contribution in [3.05, 3.63) is 60.2 Å². The lowest BCUT2D eigenvalue weighted by molar-refractivity contribution is -0.274. The van der Waals surface area contributed by atoms with Crippen molar-refractivity contribution < 1.29 is 22.7 Å². The molecular formula is C19H20F3N3O2. The van der Waals surface area contributed by atoms with Gasteiger partial charge in [-0.05, 0) is 24.7 Å². The summed E-state index contributed by atoms with van der Waals surface area (Å²) in [5, 5.41) is 2.56. The van der Waals surface area contributed by atoms with Gasteiger partial charge in [0.2, 0.25) is 0 Å². The number of alkyl halides is 3. The largest absolute Gasteiger partial charge is 0.573 e. The molecule has 1 N–H and O–H groups in total. The summed E-state index contributed by atoms with van der Waals surface area (Å²) in [6.45, 7) is 1.78. The van der Waals surface area contributed by atoms with Crippen LogP contribution in [-0.2, 0) is 0 Å². The number of halogens is 3. The molecule has 1 saturated heterocycles. The van der Waals surface area contributed by atoms with Crippen LogP contribution in [-0.4, -0.2) is 48.9 Å². The fraction of sp³-hybridized carbons (Fsp3) is 0.316. The van der Waals surface area contributed by atoms with E-state index >= 15 is 0 Å². The van der Waals surface area contributed by atoms with Crippen LogP contribution < -0.4 is 10.1 Å². The molecule has 0 radical (unpaired) electrons. The summed E-state index contributed by atoms with van der Waals surface area (Å²) in [5.74, 6) is -0.441. The van der Waals surface area contributed by atoms with Crippen LogP contribution in [0.3, 0.4) is 0 Å². The Morgan fingerprint density at radius 2 is 1.74 bits per heavy atom. The molecule has 2 aromatic rings. The van der Waals surface area contributed by atoms with Crippen molar-refractivity contribution in [2.24, 2.45) is 0 Å². The number of nitrogens with one attached hydrogen (secondary N) is 1. The summed E-state index contributed by atoms with van der Waals surface area (Å²) in [7, 11) is 1.97. The van der Waals surface area contributed by atoms with Crippen molar-refractivity contribution in [2.45, 2.75) is 12.4 Å². The maximum Gasteiger partial charge on any atom is 0.573 e. The van der Waals surface area contributed by atoms with Crippen LogP contribution in [0.25, 0.3) is 0 Å². The minimum Gasteiger partial charge on any atom is -0.404 e. The first-order valence-corrected chi connectivity index (χ1v) is 8.49. The molecule has 1 aliphatic rings. The second kappa shape index (κ2) is 7.87. The maximum atomic E-state index is 12.8. The number of anilines is 1. The predicted octanol–water partition coefficient (Wildman–Crippen LogP) is 4.11. The number of urea groups is 1. The van der Waals surface area contributed by atoms with E-state index in [2.05, 4.69) is 15.0 Å². The molecule has 1 aliphatic heterocycles. The van der Waals surface area contributed by atoms with Crippen molar-refractivity contribution in [3.63, 3.8) is 0 Å². The van der Waals surface area contributed by atoms with Crippen molar-refractivity contribution >= 4 is 11.7 Å². The lowest BCUT2D eigenvalue weighted by Crippen LogP contribution is -2.50. The Morgan fingerprint density at radius 1 is 1.07 bits per heavy atom. The van der Waals surface area contributed by atoms with Gasteiger partial charge in [0.05, 0.1) is 11.7 Å². The molecule has 3 rings (SSSR count). The van der Waals surface area contributed by atoms with Crippen LogP contribution in [0, 0.1) is 0 Å². The van der Waals surface area contributed by atoms with Gasteiger partial charge in [-0.2, -0.15) is 0 Å². The van der Waals surface area contributed by atoms with E-state index in [1.165, 1.54) is 24.3 Å². The lowest BCUT2D eigenvalue weighted by atomic mass is 10.0. The van der Waals surface area contributed by atoms with Gasteiger partial charge in [0.15, 0.2) is 5.75 Å². The normalized spacial score (nSPS) is 18.2. The molecule has 0 bridgehead atoms. The quantitative estimate of drug-likeness (QED) is 0.873. The molecule has 8 heteroatoms. The van der Waals surface area contributed by atoms with Gasteiger partial charge in [-0.1, -0.05) is 42.5 Å². The number of nitrogens with zero attached hydrogens (tertiary/aromatic N) is 2. The van der Waals surface area contributed by atoms with Gasteiger partial charge in [-0.3, -0.25) is 0 Å². The Morgan fingerprint density at radius 3 is 2.44 bits per heavy atom. The number of likely N-dealkylation sites (N-methyl/N-ethyl adjacent to an activating group) is 1. The van der Waals surface area contributed by atoms with E-state index in [9.17, 15) is 18.0 Å². The summed E-state index contributed by atoms with van der Waals surface area (Å²) in [6, 6.07) is 14.4. The molecule has 5 nitrogen and oxygen atoms in total. The summed E-state index contributed by atoms with van der Waals surface area (Å²) in [5.41, 5.74) is 0.949. The Bertz CT molecular complexity index is 783. The van der Waals surface area contributed by atoms with Crippen LogP contribution in [0.5, 0.6) is 5.75 Å². The van der Waals surface area contributed by atoms with Gasteiger partial charge in [-0.15, -0.1) is 13.2 Å². The molecule has 0 spiro atoms. The molecule has 0 saturated carbocycles. The first-order chi connectivity index (χ1) is 12.8. The van der Waals surface area contributed by atoms with E-state index in [-0.39, 0.29) is 11.7 Å². The van der Waals surface area contributed by atoms with Crippen LogP contribution in [0.15, 0.2) is 54.6 Å².